The van der Waals surface area contributed by atoms with Gasteiger partial charge >= 0.3 is 0 Å². The summed E-state index contributed by atoms with van der Waals surface area (Å²) in [7, 11) is 0. The minimum Gasteiger partial charge on any atom is -0.207 e. The third kappa shape index (κ3) is 2.73. The summed E-state index contributed by atoms with van der Waals surface area (Å²) in [6, 6.07) is 2.43. The van der Waals surface area contributed by atoms with Crippen LogP contribution in [0.3, 0.4) is 0 Å². The van der Waals surface area contributed by atoms with E-state index >= 15 is 0 Å². The van der Waals surface area contributed by atoms with Crippen molar-refractivity contribution in [2.75, 3.05) is 0 Å². The van der Waals surface area contributed by atoms with Gasteiger partial charge in [-0.05, 0) is 24.5 Å². The molecule has 1 atom stereocenters. The molecule has 0 aliphatic heterocycles. The average Bonchev–Trinajstić information content (AvgIpc) is 2.25. The first-order valence-corrected chi connectivity index (χ1v) is 6.04. The van der Waals surface area contributed by atoms with Crippen molar-refractivity contribution in [3.63, 3.8) is 0 Å². The van der Waals surface area contributed by atoms with Crippen molar-refractivity contribution in [3.05, 3.63) is 34.9 Å². The van der Waals surface area contributed by atoms with E-state index < -0.39 is 11.6 Å². The van der Waals surface area contributed by atoms with Gasteiger partial charge in [0.1, 0.15) is 11.6 Å². The number of alkyl halides is 1. The number of hydrogen-bond acceptors (Lipinski definition) is 0. The van der Waals surface area contributed by atoms with E-state index in [0.717, 1.165) is 18.9 Å². The highest BCUT2D eigenvalue weighted by molar-refractivity contribution is 6.21. The van der Waals surface area contributed by atoms with Crippen LogP contribution in [0.2, 0.25) is 0 Å². The minimum atomic E-state index is -0.546. The number of rotatable bonds is 4. The summed E-state index contributed by atoms with van der Waals surface area (Å²) in [5, 5.41) is -0.380. The molecule has 0 nitrogen and oxygen atoms in total. The molecule has 0 saturated heterocycles. The molecule has 0 fully saturated rings. The molecule has 0 aliphatic rings. The molecule has 1 aromatic rings. The van der Waals surface area contributed by atoms with Crippen molar-refractivity contribution < 1.29 is 8.78 Å². The standard InChI is InChI=1S/C13H17ClF2/c1-4-9(5-2)13(14)10-6-8(3)11(15)7-12(10)16/h6-7,9,13H,4-5H2,1-3H3. The predicted octanol–water partition coefficient (Wildman–Crippen LogP) is 4.99. The van der Waals surface area contributed by atoms with Gasteiger partial charge in [0.25, 0.3) is 0 Å². The van der Waals surface area contributed by atoms with E-state index in [2.05, 4.69) is 0 Å². The molecule has 0 N–H and O–H groups in total. The fraction of sp³-hybridized carbons (Fsp3) is 0.538. The molecule has 0 heterocycles. The molecule has 1 aromatic carbocycles. The Morgan fingerprint density at radius 2 is 1.69 bits per heavy atom. The van der Waals surface area contributed by atoms with Gasteiger partial charge in [0.15, 0.2) is 0 Å². The highest BCUT2D eigenvalue weighted by Gasteiger charge is 2.22. The lowest BCUT2D eigenvalue weighted by molar-refractivity contribution is 0.459. The quantitative estimate of drug-likeness (QED) is 0.657. The monoisotopic (exact) mass is 246 g/mol. The van der Waals surface area contributed by atoms with Crippen molar-refractivity contribution in [1.29, 1.82) is 0 Å². The minimum absolute atomic E-state index is 0.223. The number of benzene rings is 1. The summed E-state index contributed by atoms with van der Waals surface area (Å²) in [6.07, 6.45) is 1.78. The SMILES string of the molecule is CCC(CC)C(Cl)c1cc(C)c(F)cc1F. The zero-order valence-corrected chi connectivity index (χ0v) is 10.6. The van der Waals surface area contributed by atoms with E-state index in [1.165, 1.54) is 6.07 Å². The average molecular weight is 247 g/mol. The predicted molar refractivity (Wildman–Crippen MR) is 63.8 cm³/mol. The molecule has 0 saturated carbocycles. The second-order valence-electron chi connectivity index (χ2n) is 4.10. The lowest BCUT2D eigenvalue weighted by Gasteiger charge is -2.20. The Morgan fingerprint density at radius 1 is 1.12 bits per heavy atom. The molecule has 16 heavy (non-hydrogen) atoms. The molecular formula is C13H17ClF2. The Labute approximate surface area is 101 Å². The van der Waals surface area contributed by atoms with E-state index in [1.54, 1.807) is 6.92 Å². The van der Waals surface area contributed by atoms with E-state index in [0.29, 0.717) is 11.1 Å². The topological polar surface area (TPSA) is 0 Å². The van der Waals surface area contributed by atoms with Crippen LogP contribution in [0, 0.1) is 24.5 Å². The normalized spacial score (nSPS) is 13.2. The van der Waals surface area contributed by atoms with E-state index in [-0.39, 0.29) is 11.3 Å². The van der Waals surface area contributed by atoms with Gasteiger partial charge in [-0.15, -0.1) is 11.6 Å². The van der Waals surface area contributed by atoms with Gasteiger partial charge in [-0.2, -0.15) is 0 Å². The molecule has 90 valence electrons. The maximum absolute atomic E-state index is 13.6. The van der Waals surface area contributed by atoms with Crippen LogP contribution in [-0.2, 0) is 0 Å². The van der Waals surface area contributed by atoms with Crippen LogP contribution in [0.1, 0.15) is 43.2 Å². The summed E-state index contributed by atoms with van der Waals surface area (Å²) >= 11 is 6.24. The zero-order valence-electron chi connectivity index (χ0n) is 9.86. The second-order valence-corrected chi connectivity index (χ2v) is 4.57. The van der Waals surface area contributed by atoms with Gasteiger partial charge < -0.3 is 0 Å². The van der Waals surface area contributed by atoms with Crippen LogP contribution < -0.4 is 0 Å². The Bertz CT molecular complexity index is 359. The first-order chi connectivity index (χ1) is 7.51. The lowest BCUT2D eigenvalue weighted by atomic mass is 9.93. The molecule has 1 unspecified atom stereocenters. The fourth-order valence-corrected chi connectivity index (χ4v) is 2.37. The van der Waals surface area contributed by atoms with Crippen molar-refractivity contribution in [2.24, 2.45) is 5.92 Å². The summed E-state index contributed by atoms with van der Waals surface area (Å²) < 4.78 is 26.7. The Morgan fingerprint density at radius 3 is 2.19 bits per heavy atom. The van der Waals surface area contributed by atoms with Crippen molar-refractivity contribution in [3.8, 4) is 0 Å². The zero-order chi connectivity index (χ0) is 12.3. The summed E-state index contributed by atoms with van der Waals surface area (Å²) in [5.41, 5.74) is 0.849. The maximum atomic E-state index is 13.6. The van der Waals surface area contributed by atoms with Gasteiger partial charge in [0.05, 0.1) is 5.38 Å². The first-order valence-electron chi connectivity index (χ1n) is 5.60. The van der Waals surface area contributed by atoms with Crippen LogP contribution in [0.5, 0.6) is 0 Å². The number of hydrogen-bond donors (Lipinski definition) is 0. The third-order valence-corrected chi connectivity index (χ3v) is 3.63. The fourth-order valence-electron chi connectivity index (χ4n) is 1.85. The highest BCUT2D eigenvalue weighted by atomic mass is 35.5. The number of aryl methyl sites for hydroxylation is 1. The van der Waals surface area contributed by atoms with Gasteiger partial charge in [-0.25, -0.2) is 8.78 Å². The molecule has 0 radical (unpaired) electrons. The Balaban J connectivity index is 3.07. The third-order valence-electron chi connectivity index (χ3n) is 3.04. The Hall–Kier alpha value is -0.630. The van der Waals surface area contributed by atoms with Crippen LogP contribution >= 0.6 is 11.6 Å². The van der Waals surface area contributed by atoms with Gasteiger partial charge in [-0.1, -0.05) is 26.7 Å². The van der Waals surface area contributed by atoms with Crippen LogP contribution in [-0.4, -0.2) is 0 Å². The van der Waals surface area contributed by atoms with Crippen LogP contribution in [0.25, 0.3) is 0 Å². The molecule has 1 rings (SSSR count). The van der Waals surface area contributed by atoms with Crippen molar-refractivity contribution in [1.82, 2.24) is 0 Å². The highest BCUT2D eigenvalue weighted by Crippen LogP contribution is 2.35. The number of halogens is 3. The first kappa shape index (κ1) is 13.4. The molecule has 0 spiro atoms. The molecule has 0 amide bonds. The smallest absolute Gasteiger partial charge is 0.130 e. The summed E-state index contributed by atoms with van der Waals surface area (Å²) in [4.78, 5) is 0. The maximum Gasteiger partial charge on any atom is 0.130 e. The van der Waals surface area contributed by atoms with Crippen LogP contribution in [0.15, 0.2) is 12.1 Å². The largest absolute Gasteiger partial charge is 0.207 e. The van der Waals surface area contributed by atoms with Gasteiger partial charge in [0.2, 0.25) is 0 Å². The van der Waals surface area contributed by atoms with Crippen molar-refractivity contribution >= 4 is 11.6 Å². The van der Waals surface area contributed by atoms with Gasteiger partial charge in [0, 0.05) is 11.6 Å². The molecule has 0 bridgehead atoms. The molecule has 0 aliphatic carbocycles. The molecular weight excluding hydrogens is 230 g/mol. The van der Waals surface area contributed by atoms with E-state index in [1.807, 2.05) is 13.8 Å². The summed E-state index contributed by atoms with van der Waals surface area (Å²) in [6.45, 7) is 5.67. The second kappa shape index (κ2) is 5.62. The Kier molecular flexibility index (Phi) is 4.72. The lowest BCUT2D eigenvalue weighted by Crippen LogP contribution is -2.08. The van der Waals surface area contributed by atoms with E-state index in [9.17, 15) is 8.78 Å². The van der Waals surface area contributed by atoms with Crippen molar-refractivity contribution in [2.45, 2.75) is 39.0 Å². The van der Waals surface area contributed by atoms with Gasteiger partial charge in [-0.3, -0.25) is 0 Å². The molecule has 3 heteroatoms. The van der Waals surface area contributed by atoms with Crippen LogP contribution in [0.4, 0.5) is 8.78 Å². The van der Waals surface area contributed by atoms with E-state index in [4.69, 9.17) is 11.6 Å². The molecule has 0 aromatic heterocycles. The summed E-state index contributed by atoms with van der Waals surface area (Å²) in [5.74, 6) is -0.842.